The Hall–Kier alpha value is -0.130. The zero-order valence-electron chi connectivity index (χ0n) is 10.6. The van der Waals surface area contributed by atoms with Gasteiger partial charge in [-0.1, -0.05) is 19.8 Å². The van der Waals surface area contributed by atoms with Crippen LogP contribution >= 0.6 is 0 Å². The van der Waals surface area contributed by atoms with E-state index in [1.54, 1.807) is 0 Å². The first-order valence-electron chi connectivity index (χ1n) is 6.80. The molecule has 0 aromatic carbocycles. The first-order valence-corrected chi connectivity index (χ1v) is 8.34. The van der Waals surface area contributed by atoms with E-state index in [1.807, 2.05) is 0 Å². The Kier molecular flexibility index (Phi) is 4.44. The summed E-state index contributed by atoms with van der Waals surface area (Å²) in [6.07, 6.45) is 6.29. The average Bonchev–Trinajstić information content (AvgIpc) is 2.73. The van der Waals surface area contributed by atoms with Crippen molar-refractivity contribution in [3.8, 4) is 0 Å². The minimum absolute atomic E-state index is 0.172. The van der Waals surface area contributed by atoms with Gasteiger partial charge in [-0.15, -0.1) is 0 Å². The van der Waals surface area contributed by atoms with Crippen LogP contribution in [0.3, 0.4) is 0 Å². The predicted molar refractivity (Wildman–Crippen MR) is 69.4 cm³/mol. The molecule has 1 saturated heterocycles. The minimum Gasteiger partial charge on any atom is -0.315 e. The molecule has 0 radical (unpaired) electrons. The molecule has 2 fully saturated rings. The van der Waals surface area contributed by atoms with Crippen molar-refractivity contribution < 1.29 is 8.42 Å². The molecule has 0 aromatic rings. The van der Waals surface area contributed by atoms with Gasteiger partial charge in [0.2, 0.25) is 10.0 Å². The molecule has 0 bridgehead atoms. The maximum absolute atomic E-state index is 12.1. The maximum atomic E-state index is 12.1. The standard InChI is InChI=1S/C12H24N2O2S/c1-10-3-2-4-11(6-5-10)14-17(15,16)12-7-8-13-9-12/h10-14H,2-9H2,1H3. The second-order valence-corrected chi connectivity index (χ2v) is 7.58. The van der Waals surface area contributed by atoms with Crippen LogP contribution in [0.4, 0.5) is 0 Å². The first-order chi connectivity index (χ1) is 8.08. The van der Waals surface area contributed by atoms with Crippen molar-refractivity contribution in [2.75, 3.05) is 13.1 Å². The Morgan fingerprint density at radius 1 is 1.12 bits per heavy atom. The zero-order valence-corrected chi connectivity index (χ0v) is 11.4. The molecule has 4 nitrogen and oxygen atoms in total. The van der Waals surface area contributed by atoms with Crippen LogP contribution in [0.5, 0.6) is 0 Å². The Balaban J connectivity index is 1.90. The van der Waals surface area contributed by atoms with E-state index in [1.165, 1.54) is 6.42 Å². The number of nitrogens with one attached hydrogen (secondary N) is 2. The molecule has 100 valence electrons. The summed E-state index contributed by atoms with van der Waals surface area (Å²) in [6.45, 7) is 3.70. The molecular weight excluding hydrogens is 236 g/mol. The van der Waals surface area contributed by atoms with E-state index >= 15 is 0 Å². The molecule has 2 rings (SSSR count). The summed E-state index contributed by atoms with van der Waals surface area (Å²) in [7, 11) is -3.11. The molecule has 1 aliphatic carbocycles. The first kappa shape index (κ1) is 13.3. The van der Waals surface area contributed by atoms with Gasteiger partial charge in [-0.2, -0.15) is 0 Å². The van der Waals surface area contributed by atoms with E-state index in [0.717, 1.165) is 44.6 Å². The molecule has 0 amide bonds. The van der Waals surface area contributed by atoms with Crippen molar-refractivity contribution in [2.24, 2.45) is 5.92 Å². The Morgan fingerprint density at radius 3 is 2.65 bits per heavy atom. The molecule has 17 heavy (non-hydrogen) atoms. The van der Waals surface area contributed by atoms with Crippen LogP contribution in [0.2, 0.25) is 0 Å². The molecule has 5 heteroatoms. The van der Waals surface area contributed by atoms with Crippen LogP contribution in [0.25, 0.3) is 0 Å². The van der Waals surface area contributed by atoms with Crippen LogP contribution in [-0.4, -0.2) is 32.8 Å². The third-order valence-electron chi connectivity index (χ3n) is 4.04. The predicted octanol–water partition coefficient (Wildman–Crippen LogP) is 1.24. The Labute approximate surface area is 105 Å². The summed E-state index contributed by atoms with van der Waals surface area (Å²) >= 11 is 0. The number of rotatable bonds is 3. The summed E-state index contributed by atoms with van der Waals surface area (Å²) in [5, 5.41) is 2.90. The summed E-state index contributed by atoms with van der Waals surface area (Å²) in [6, 6.07) is 0.172. The van der Waals surface area contributed by atoms with Gasteiger partial charge in [0.05, 0.1) is 5.25 Å². The van der Waals surface area contributed by atoms with Crippen LogP contribution in [0.15, 0.2) is 0 Å². The van der Waals surface area contributed by atoms with Crippen LogP contribution in [0.1, 0.15) is 45.4 Å². The highest BCUT2D eigenvalue weighted by molar-refractivity contribution is 7.90. The third-order valence-corrected chi connectivity index (χ3v) is 5.98. The van der Waals surface area contributed by atoms with Crippen LogP contribution in [-0.2, 0) is 10.0 Å². The average molecular weight is 260 g/mol. The smallest absolute Gasteiger partial charge is 0.216 e. The van der Waals surface area contributed by atoms with Crippen molar-refractivity contribution in [1.82, 2.24) is 10.0 Å². The molecular formula is C12H24N2O2S. The zero-order chi connectivity index (χ0) is 12.3. The van der Waals surface area contributed by atoms with Gasteiger partial charge in [-0.05, 0) is 38.1 Å². The fourth-order valence-corrected chi connectivity index (χ4v) is 4.48. The second kappa shape index (κ2) is 5.67. The van der Waals surface area contributed by atoms with Crippen molar-refractivity contribution in [2.45, 2.75) is 56.7 Å². The van der Waals surface area contributed by atoms with Gasteiger partial charge in [-0.3, -0.25) is 0 Å². The van der Waals surface area contributed by atoms with Gasteiger partial charge in [0.1, 0.15) is 0 Å². The van der Waals surface area contributed by atoms with Crippen molar-refractivity contribution in [3.63, 3.8) is 0 Å². The second-order valence-electron chi connectivity index (χ2n) is 5.59. The van der Waals surface area contributed by atoms with Gasteiger partial charge in [-0.25, -0.2) is 13.1 Å². The van der Waals surface area contributed by atoms with Crippen LogP contribution in [0, 0.1) is 5.92 Å². The molecule has 2 aliphatic rings. The molecule has 2 N–H and O–H groups in total. The molecule has 1 heterocycles. The molecule has 0 aromatic heterocycles. The SMILES string of the molecule is CC1CCCC(NS(=O)(=O)C2CCNC2)CC1. The molecule has 3 unspecified atom stereocenters. The van der Waals surface area contributed by atoms with E-state index in [0.29, 0.717) is 6.54 Å². The summed E-state index contributed by atoms with van der Waals surface area (Å²) < 4.78 is 27.2. The Morgan fingerprint density at radius 2 is 1.94 bits per heavy atom. The number of sulfonamides is 1. The lowest BCUT2D eigenvalue weighted by atomic mass is 10.0. The monoisotopic (exact) mass is 260 g/mol. The van der Waals surface area contributed by atoms with Gasteiger partial charge in [0, 0.05) is 12.6 Å². The lowest BCUT2D eigenvalue weighted by Gasteiger charge is -2.19. The molecule has 1 aliphatic heterocycles. The highest BCUT2D eigenvalue weighted by Gasteiger charge is 2.30. The van der Waals surface area contributed by atoms with Crippen molar-refractivity contribution in [3.05, 3.63) is 0 Å². The Bertz CT molecular complexity index is 336. The molecule has 1 saturated carbocycles. The van der Waals surface area contributed by atoms with Crippen LogP contribution < -0.4 is 10.0 Å². The van der Waals surface area contributed by atoms with Crippen molar-refractivity contribution in [1.29, 1.82) is 0 Å². The lowest BCUT2D eigenvalue weighted by Crippen LogP contribution is -2.41. The topological polar surface area (TPSA) is 58.2 Å². The van der Waals surface area contributed by atoms with E-state index in [4.69, 9.17) is 0 Å². The van der Waals surface area contributed by atoms with Gasteiger partial charge in [0.15, 0.2) is 0 Å². The fourth-order valence-electron chi connectivity index (χ4n) is 2.83. The fraction of sp³-hybridized carbons (Fsp3) is 1.00. The largest absolute Gasteiger partial charge is 0.315 e. The highest BCUT2D eigenvalue weighted by Crippen LogP contribution is 2.23. The quantitative estimate of drug-likeness (QED) is 0.751. The maximum Gasteiger partial charge on any atom is 0.216 e. The lowest BCUT2D eigenvalue weighted by molar-refractivity contribution is 0.482. The summed E-state index contributed by atoms with van der Waals surface area (Å²) in [5.41, 5.74) is 0. The summed E-state index contributed by atoms with van der Waals surface area (Å²) in [4.78, 5) is 0. The van der Waals surface area contributed by atoms with E-state index < -0.39 is 10.0 Å². The van der Waals surface area contributed by atoms with Gasteiger partial charge < -0.3 is 5.32 Å². The highest BCUT2D eigenvalue weighted by atomic mass is 32.2. The number of hydrogen-bond acceptors (Lipinski definition) is 3. The summed E-state index contributed by atoms with van der Waals surface area (Å²) in [5.74, 6) is 0.748. The number of hydrogen-bond donors (Lipinski definition) is 2. The third kappa shape index (κ3) is 3.66. The molecule has 3 atom stereocenters. The normalized spacial score (nSPS) is 35.7. The van der Waals surface area contributed by atoms with E-state index in [-0.39, 0.29) is 11.3 Å². The minimum atomic E-state index is -3.11. The van der Waals surface area contributed by atoms with Crippen molar-refractivity contribution >= 4 is 10.0 Å². The van der Waals surface area contributed by atoms with Gasteiger partial charge in [0.25, 0.3) is 0 Å². The van der Waals surface area contributed by atoms with E-state index in [9.17, 15) is 8.42 Å². The van der Waals surface area contributed by atoms with Gasteiger partial charge >= 0.3 is 0 Å². The molecule has 0 spiro atoms. The van der Waals surface area contributed by atoms with E-state index in [2.05, 4.69) is 17.0 Å².